The van der Waals surface area contributed by atoms with Gasteiger partial charge in [0.1, 0.15) is 17.9 Å². The molecule has 2 bridgehead atoms. The molecule has 2 atom stereocenters. The number of ether oxygens (including phenoxy) is 1. The Kier molecular flexibility index (Phi) is 5.51. The number of nitrogens with zero attached hydrogens (tertiary/aromatic N) is 2. The van der Waals surface area contributed by atoms with Gasteiger partial charge in [0.25, 0.3) is 5.91 Å². The number of para-hydroxylation sites is 2. The van der Waals surface area contributed by atoms with Crippen LogP contribution in [0.5, 0.6) is 5.75 Å². The van der Waals surface area contributed by atoms with Gasteiger partial charge in [0.15, 0.2) is 0 Å². The van der Waals surface area contributed by atoms with Gasteiger partial charge < -0.3 is 14.5 Å². The van der Waals surface area contributed by atoms with Crippen molar-refractivity contribution in [3.05, 3.63) is 95.6 Å². The smallest absolute Gasteiger partial charge is 0.416 e. The van der Waals surface area contributed by atoms with Gasteiger partial charge in [0.2, 0.25) is 5.91 Å². The highest BCUT2D eigenvalue weighted by atomic mass is 19.4. The Morgan fingerprint density at radius 1 is 0.941 bits per heavy atom. The normalized spacial score (nSPS) is 19.8. The van der Waals surface area contributed by atoms with Crippen LogP contribution in [0.3, 0.4) is 0 Å². The van der Waals surface area contributed by atoms with E-state index in [4.69, 9.17) is 4.74 Å². The second-order valence-electron chi connectivity index (χ2n) is 8.40. The van der Waals surface area contributed by atoms with Crippen molar-refractivity contribution in [2.45, 2.75) is 31.3 Å². The first-order valence-electron chi connectivity index (χ1n) is 10.9. The SMILES string of the molecule is O=C1[C@@H]2C[C@@H](CN2C(=O)c2ccc(C(F)(F)F)cc2)Oc2ccccc2N1Cc1ccccc1. The number of hydrogen-bond donors (Lipinski definition) is 0. The van der Waals surface area contributed by atoms with Gasteiger partial charge in [-0.3, -0.25) is 9.59 Å². The second-order valence-corrected chi connectivity index (χ2v) is 8.40. The number of anilines is 1. The number of alkyl halides is 3. The molecule has 2 amide bonds. The number of rotatable bonds is 3. The lowest BCUT2D eigenvalue weighted by Gasteiger charge is -2.32. The molecule has 0 spiro atoms. The number of benzene rings is 3. The lowest BCUT2D eigenvalue weighted by atomic mass is 10.1. The minimum atomic E-state index is -4.49. The van der Waals surface area contributed by atoms with E-state index in [-0.39, 0.29) is 18.0 Å². The Balaban J connectivity index is 1.47. The van der Waals surface area contributed by atoms with Crippen molar-refractivity contribution in [2.75, 3.05) is 11.4 Å². The first-order chi connectivity index (χ1) is 16.3. The number of amides is 2. The van der Waals surface area contributed by atoms with Gasteiger partial charge in [-0.05, 0) is 42.0 Å². The summed E-state index contributed by atoms with van der Waals surface area (Å²) in [5.74, 6) is -0.190. The van der Waals surface area contributed by atoms with Gasteiger partial charge >= 0.3 is 6.18 Å². The maximum absolute atomic E-state index is 13.8. The zero-order valence-electron chi connectivity index (χ0n) is 18.0. The largest absolute Gasteiger partial charge is 0.486 e. The molecule has 5 nitrogen and oxygen atoms in total. The highest BCUT2D eigenvalue weighted by molar-refractivity contribution is 6.03. The summed E-state index contributed by atoms with van der Waals surface area (Å²) in [7, 11) is 0. The molecule has 0 aromatic heterocycles. The van der Waals surface area contributed by atoms with Crippen LogP contribution in [0, 0.1) is 0 Å². The molecule has 3 aromatic carbocycles. The summed E-state index contributed by atoms with van der Waals surface area (Å²) in [5, 5.41) is 0. The van der Waals surface area contributed by atoms with E-state index in [9.17, 15) is 22.8 Å². The topological polar surface area (TPSA) is 49.9 Å². The van der Waals surface area contributed by atoms with Crippen molar-refractivity contribution in [2.24, 2.45) is 0 Å². The molecule has 5 rings (SSSR count). The van der Waals surface area contributed by atoms with Crippen LogP contribution < -0.4 is 9.64 Å². The van der Waals surface area contributed by atoms with Crippen LogP contribution in [0.1, 0.15) is 27.9 Å². The van der Waals surface area contributed by atoms with Crippen molar-refractivity contribution < 1.29 is 27.5 Å². The third-order valence-corrected chi connectivity index (χ3v) is 6.17. The zero-order valence-corrected chi connectivity index (χ0v) is 18.0. The Morgan fingerprint density at radius 3 is 2.32 bits per heavy atom. The Labute approximate surface area is 194 Å². The minimum absolute atomic E-state index is 0.0952. The predicted molar refractivity (Wildman–Crippen MR) is 119 cm³/mol. The highest BCUT2D eigenvalue weighted by Crippen LogP contribution is 2.37. The standard InChI is InChI=1S/C26H21F3N2O3/c27-26(28,29)19-12-10-18(11-13-19)24(32)31-16-20-14-22(31)25(33)30(15-17-6-2-1-3-7-17)21-8-4-5-9-23(21)34-20/h1-13,20,22H,14-16H2/t20-,22-/m0/s1. The van der Waals surface area contributed by atoms with E-state index >= 15 is 0 Å². The average molecular weight is 466 g/mol. The molecular formula is C26H21F3N2O3. The summed E-state index contributed by atoms with van der Waals surface area (Å²) in [5.41, 5.74) is 0.802. The summed E-state index contributed by atoms with van der Waals surface area (Å²) in [6.45, 7) is 0.466. The van der Waals surface area contributed by atoms with Crippen molar-refractivity contribution in [1.29, 1.82) is 0 Å². The van der Waals surface area contributed by atoms with Crippen LogP contribution in [0.4, 0.5) is 18.9 Å². The molecule has 0 radical (unpaired) electrons. The highest BCUT2D eigenvalue weighted by Gasteiger charge is 2.45. The van der Waals surface area contributed by atoms with Gasteiger partial charge in [-0.2, -0.15) is 13.2 Å². The maximum atomic E-state index is 13.8. The summed E-state index contributed by atoms with van der Waals surface area (Å²) >= 11 is 0. The lowest BCUT2D eigenvalue weighted by molar-refractivity contribution is -0.137. The van der Waals surface area contributed by atoms with E-state index < -0.39 is 29.8 Å². The monoisotopic (exact) mass is 466 g/mol. The van der Waals surface area contributed by atoms with Gasteiger partial charge in [0, 0.05) is 12.0 Å². The van der Waals surface area contributed by atoms with Crippen molar-refractivity contribution in [3.8, 4) is 5.75 Å². The molecule has 2 heterocycles. The van der Waals surface area contributed by atoms with Gasteiger partial charge in [-0.15, -0.1) is 0 Å². The Morgan fingerprint density at radius 2 is 1.62 bits per heavy atom. The third-order valence-electron chi connectivity index (χ3n) is 6.17. The molecule has 0 aliphatic carbocycles. The molecule has 0 N–H and O–H groups in total. The number of hydrogen-bond acceptors (Lipinski definition) is 3. The van der Waals surface area contributed by atoms with Crippen molar-refractivity contribution in [3.63, 3.8) is 0 Å². The fourth-order valence-corrected chi connectivity index (χ4v) is 4.50. The fraction of sp³-hybridized carbons (Fsp3) is 0.231. The molecule has 1 fully saturated rings. The Bertz CT molecular complexity index is 1210. The number of halogens is 3. The molecule has 2 aliphatic heterocycles. The number of carbonyl (C=O) groups is 2. The maximum Gasteiger partial charge on any atom is 0.416 e. The molecule has 8 heteroatoms. The predicted octanol–water partition coefficient (Wildman–Crippen LogP) is 4.91. The Hall–Kier alpha value is -3.81. The second kappa shape index (κ2) is 8.52. The van der Waals surface area contributed by atoms with E-state index in [2.05, 4.69) is 0 Å². The van der Waals surface area contributed by atoms with Crippen LogP contribution >= 0.6 is 0 Å². The quantitative estimate of drug-likeness (QED) is 0.551. The van der Waals surface area contributed by atoms with Gasteiger partial charge in [-0.1, -0.05) is 42.5 Å². The van der Waals surface area contributed by atoms with Crippen LogP contribution in [0.25, 0.3) is 0 Å². The molecule has 2 aliphatic rings. The third kappa shape index (κ3) is 4.11. The molecule has 0 saturated carbocycles. The summed E-state index contributed by atoms with van der Waals surface area (Å²) in [6, 6.07) is 20.0. The van der Waals surface area contributed by atoms with Crippen LogP contribution in [-0.4, -0.2) is 35.4 Å². The van der Waals surface area contributed by atoms with Crippen LogP contribution in [0.2, 0.25) is 0 Å². The minimum Gasteiger partial charge on any atom is -0.486 e. The number of likely N-dealkylation sites (tertiary alicyclic amines) is 1. The van der Waals surface area contributed by atoms with E-state index in [1.807, 2.05) is 48.5 Å². The number of fused-ring (bicyclic) bond motifs is 3. The first kappa shape index (κ1) is 22.0. The summed E-state index contributed by atoms with van der Waals surface area (Å²) < 4.78 is 45.0. The van der Waals surface area contributed by atoms with Gasteiger partial charge in [0.05, 0.1) is 24.3 Å². The fourth-order valence-electron chi connectivity index (χ4n) is 4.50. The molecule has 0 unspecified atom stereocenters. The van der Waals surface area contributed by atoms with E-state index in [0.717, 1.165) is 29.8 Å². The van der Waals surface area contributed by atoms with Gasteiger partial charge in [-0.25, -0.2) is 0 Å². The number of carbonyl (C=O) groups excluding carboxylic acids is 2. The average Bonchev–Trinajstić information content (AvgIpc) is 3.27. The van der Waals surface area contributed by atoms with Crippen LogP contribution in [0.15, 0.2) is 78.9 Å². The zero-order chi connectivity index (χ0) is 23.9. The lowest BCUT2D eigenvalue weighted by Crippen LogP contribution is -2.47. The molecule has 1 saturated heterocycles. The van der Waals surface area contributed by atoms with Crippen molar-refractivity contribution in [1.82, 2.24) is 4.90 Å². The van der Waals surface area contributed by atoms with Crippen LogP contribution in [-0.2, 0) is 17.5 Å². The molecular weight excluding hydrogens is 445 g/mol. The molecule has 3 aromatic rings. The molecule has 174 valence electrons. The summed E-state index contributed by atoms with van der Waals surface area (Å²) in [4.78, 5) is 30.1. The van der Waals surface area contributed by atoms with E-state index in [1.54, 1.807) is 11.0 Å². The van der Waals surface area contributed by atoms with E-state index in [0.29, 0.717) is 24.4 Å². The first-order valence-corrected chi connectivity index (χ1v) is 10.9. The van der Waals surface area contributed by atoms with Crippen molar-refractivity contribution >= 4 is 17.5 Å². The summed E-state index contributed by atoms with van der Waals surface area (Å²) in [6.07, 6.45) is -4.58. The molecule has 34 heavy (non-hydrogen) atoms. The van der Waals surface area contributed by atoms with E-state index in [1.165, 1.54) is 4.90 Å².